The van der Waals surface area contributed by atoms with Crippen molar-refractivity contribution < 1.29 is 9.90 Å². The zero-order chi connectivity index (χ0) is 16.2. The number of nitrogens with zero attached hydrogens (tertiary/aromatic N) is 1. The largest absolute Gasteiger partial charge is 0.508 e. The number of aromatic nitrogens is 1. The molecule has 0 unspecified atom stereocenters. The Bertz CT molecular complexity index is 828. The molecule has 0 bridgehead atoms. The van der Waals surface area contributed by atoms with Crippen LogP contribution in [-0.2, 0) is 0 Å². The first kappa shape index (κ1) is 14.8. The van der Waals surface area contributed by atoms with Crippen LogP contribution in [-0.4, -0.2) is 16.0 Å². The zero-order valence-electron chi connectivity index (χ0n) is 12.7. The van der Waals surface area contributed by atoms with Gasteiger partial charge in [0.1, 0.15) is 5.75 Å². The van der Waals surface area contributed by atoms with E-state index in [1.165, 1.54) is 0 Å². The van der Waals surface area contributed by atoms with E-state index < -0.39 is 0 Å². The van der Waals surface area contributed by atoms with Crippen molar-refractivity contribution in [3.05, 3.63) is 78.0 Å². The fourth-order valence-electron chi connectivity index (χ4n) is 2.24. The summed E-state index contributed by atoms with van der Waals surface area (Å²) >= 11 is 0. The molecule has 0 radical (unpaired) electrons. The average Bonchev–Trinajstić information content (AvgIpc) is 2.59. The first-order chi connectivity index (χ1) is 11.1. The van der Waals surface area contributed by atoms with Crippen molar-refractivity contribution >= 4 is 11.6 Å². The number of rotatable bonds is 3. The SMILES string of the molecule is Cc1cc(NC(=O)c2ccc(-c3ccccc3)nc2)ccc1O. The first-order valence-corrected chi connectivity index (χ1v) is 7.26. The maximum atomic E-state index is 12.2. The minimum absolute atomic E-state index is 0.205. The summed E-state index contributed by atoms with van der Waals surface area (Å²) < 4.78 is 0. The van der Waals surface area contributed by atoms with Crippen LogP contribution >= 0.6 is 0 Å². The van der Waals surface area contributed by atoms with Crippen LogP contribution in [0.5, 0.6) is 5.75 Å². The number of hydrogen-bond acceptors (Lipinski definition) is 3. The van der Waals surface area contributed by atoms with E-state index in [-0.39, 0.29) is 11.7 Å². The van der Waals surface area contributed by atoms with Gasteiger partial charge in [-0.1, -0.05) is 30.3 Å². The second-order valence-corrected chi connectivity index (χ2v) is 5.25. The molecule has 23 heavy (non-hydrogen) atoms. The lowest BCUT2D eigenvalue weighted by Gasteiger charge is -2.07. The molecular weight excluding hydrogens is 288 g/mol. The third kappa shape index (κ3) is 3.37. The number of nitrogens with one attached hydrogen (secondary N) is 1. The Morgan fingerprint density at radius 2 is 1.83 bits per heavy atom. The van der Waals surface area contributed by atoms with Gasteiger partial charge in [0.2, 0.25) is 0 Å². The number of amides is 1. The van der Waals surface area contributed by atoms with Crippen LogP contribution in [0.2, 0.25) is 0 Å². The van der Waals surface area contributed by atoms with Crippen LogP contribution in [0.25, 0.3) is 11.3 Å². The van der Waals surface area contributed by atoms with Gasteiger partial charge >= 0.3 is 0 Å². The molecule has 0 spiro atoms. The highest BCUT2D eigenvalue weighted by molar-refractivity contribution is 6.04. The second kappa shape index (κ2) is 6.32. The summed E-state index contributed by atoms with van der Waals surface area (Å²) in [7, 11) is 0. The standard InChI is InChI=1S/C19H16N2O2/c1-13-11-16(8-10-18(13)22)21-19(23)15-7-9-17(20-12-15)14-5-3-2-4-6-14/h2-12,22H,1H3,(H,21,23). The summed E-state index contributed by atoms with van der Waals surface area (Å²) in [4.78, 5) is 16.6. The highest BCUT2D eigenvalue weighted by atomic mass is 16.3. The molecule has 0 saturated carbocycles. The topological polar surface area (TPSA) is 62.2 Å². The van der Waals surface area contributed by atoms with Gasteiger partial charge in [-0.3, -0.25) is 9.78 Å². The van der Waals surface area contributed by atoms with Crippen molar-refractivity contribution in [3.8, 4) is 17.0 Å². The number of phenols is 1. The van der Waals surface area contributed by atoms with E-state index in [1.54, 1.807) is 37.4 Å². The van der Waals surface area contributed by atoms with Crippen molar-refractivity contribution in [1.29, 1.82) is 0 Å². The number of aryl methyl sites for hydroxylation is 1. The molecule has 3 rings (SSSR count). The molecule has 1 heterocycles. The molecule has 3 aromatic rings. The molecule has 114 valence electrons. The summed E-state index contributed by atoms with van der Waals surface area (Å²) in [6.45, 7) is 1.78. The summed E-state index contributed by atoms with van der Waals surface area (Å²) in [6.07, 6.45) is 1.56. The Hall–Kier alpha value is -3.14. The number of anilines is 1. The van der Waals surface area contributed by atoms with E-state index in [0.29, 0.717) is 16.8 Å². The van der Waals surface area contributed by atoms with Crippen LogP contribution in [0.15, 0.2) is 66.9 Å². The molecule has 2 aromatic carbocycles. The van der Waals surface area contributed by atoms with Crippen LogP contribution in [0, 0.1) is 6.92 Å². The Balaban J connectivity index is 1.76. The second-order valence-electron chi connectivity index (χ2n) is 5.25. The zero-order valence-corrected chi connectivity index (χ0v) is 12.7. The summed E-state index contributed by atoms with van der Waals surface area (Å²) in [5, 5.41) is 12.3. The number of hydrogen-bond donors (Lipinski definition) is 2. The normalized spacial score (nSPS) is 10.3. The van der Waals surface area contributed by atoms with Crippen LogP contribution in [0.1, 0.15) is 15.9 Å². The fourth-order valence-corrected chi connectivity index (χ4v) is 2.24. The van der Waals surface area contributed by atoms with Gasteiger partial charge in [-0.2, -0.15) is 0 Å². The Kier molecular flexibility index (Phi) is 4.06. The maximum absolute atomic E-state index is 12.2. The van der Waals surface area contributed by atoms with E-state index in [9.17, 15) is 9.90 Å². The molecule has 0 fully saturated rings. The van der Waals surface area contributed by atoms with Gasteiger partial charge in [0.15, 0.2) is 0 Å². The van der Waals surface area contributed by atoms with E-state index in [2.05, 4.69) is 10.3 Å². The van der Waals surface area contributed by atoms with Crippen molar-refractivity contribution in [2.45, 2.75) is 6.92 Å². The van der Waals surface area contributed by atoms with E-state index >= 15 is 0 Å². The maximum Gasteiger partial charge on any atom is 0.257 e. The Morgan fingerprint density at radius 3 is 2.48 bits per heavy atom. The van der Waals surface area contributed by atoms with E-state index in [4.69, 9.17) is 0 Å². The highest BCUT2D eigenvalue weighted by Crippen LogP contribution is 2.21. The van der Waals surface area contributed by atoms with Crippen LogP contribution < -0.4 is 5.32 Å². The fraction of sp³-hybridized carbons (Fsp3) is 0.0526. The van der Waals surface area contributed by atoms with Crippen molar-refractivity contribution in [2.75, 3.05) is 5.32 Å². The Morgan fingerprint density at radius 1 is 1.04 bits per heavy atom. The smallest absolute Gasteiger partial charge is 0.257 e. The molecule has 1 amide bonds. The lowest BCUT2D eigenvalue weighted by molar-refractivity contribution is 0.102. The van der Waals surface area contributed by atoms with Gasteiger partial charge in [0.05, 0.1) is 11.3 Å². The molecule has 0 atom stereocenters. The minimum Gasteiger partial charge on any atom is -0.508 e. The van der Waals surface area contributed by atoms with Gasteiger partial charge in [0.25, 0.3) is 5.91 Å². The lowest BCUT2D eigenvalue weighted by Crippen LogP contribution is -2.12. The minimum atomic E-state index is -0.234. The number of aromatic hydroxyl groups is 1. The molecule has 0 saturated heterocycles. The number of pyridine rings is 1. The Labute approximate surface area is 134 Å². The van der Waals surface area contributed by atoms with E-state index in [0.717, 1.165) is 11.3 Å². The van der Waals surface area contributed by atoms with Crippen LogP contribution in [0.3, 0.4) is 0 Å². The first-order valence-electron chi connectivity index (χ1n) is 7.26. The third-order valence-electron chi connectivity index (χ3n) is 3.55. The molecular formula is C19H16N2O2. The van der Waals surface area contributed by atoms with Crippen molar-refractivity contribution in [2.24, 2.45) is 0 Å². The van der Waals surface area contributed by atoms with Gasteiger partial charge in [-0.25, -0.2) is 0 Å². The quantitative estimate of drug-likeness (QED) is 0.719. The number of carbonyl (C=O) groups is 1. The number of carbonyl (C=O) groups excluding carboxylic acids is 1. The lowest BCUT2D eigenvalue weighted by atomic mass is 10.1. The summed E-state index contributed by atoms with van der Waals surface area (Å²) in [5.74, 6) is -0.0286. The van der Waals surface area contributed by atoms with Gasteiger partial charge < -0.3 is 10.4 Å². The van der Waals surface area contributed by atoms with Crippen molar-refractivity contribution in [1.82, 2.24) is 4.98 Å². The molecule has 4 nitrogen and oxygen atoms in total. The molecule has 1 aromatic heterocycles. The van der Waals surface area contributed by atoms with Gasteiger partial charge in [-0.05, 0) is 42.8 Å². The van der Waals surface area contributed by atoms with E-state index in [1.807, 2.05) is 36.4 Å². The predicted molar refractivity (Wildman–Crippen MR) is 90.5 cm³/mol. The molecule has 0 aliphatic carbocycles. The molecule has 4 heteroatoms. The van der Waals surface area contributed by atoms with Gasteiger partial charge in [0, 0.05) is 17.4 Å². The van der Waals surface area contributed by atoms with Crippen LogP contribution in [0.4, 0.5) is 5.69 Å². The monoisotopic (exact) mass is 304 g/mol. The summed E-state index contributed by atoms with van der Waals surface area (Å²) in [5.41, 5.74) is 3.66. The predicted octanol–water partition coefficient (Wildman–Crippen LogP) is 4.01. The van der Waals surface area contributed by atoms with Crippen molar-refractivity contribution in [3.63, 3.8) is 0 Å². The number of benzene rings is 2. The highest BCUT2D eigenvalue weighted by Gasteiger charge is 2.08. The molecule has 2 N–H and O–H groups in total. The third-order valence-corrected chi connectivity index (χ3v) is 3.55. The van der Waals surface area contributed by atoms with Gasteiger partial charge in [-0.15, -0.1) is 0 Å². The molecule has 0 aliphatic heterocycles. The summed E-state index contributed by atoms with van der Waals surface area (Å²) in [6, 6.07) is 18.3. The molecule has 0 aliphatic rings. The number of phenolic OH excluding ortho intramolecular Hbond substituents is 1. The average molecular weight is 304 g/mol.